The number of aromatic nitrogens is 1. The van der Waals surface area contributed by atoms with E-state index in [9.17, 15) is 0 Å². The van der Waals surface area contributed by atoms with E-state index in [1.54, 1.807) is 6.26 Å². The van der Waals surface area contributed by atoms with Crippen molar-refractivity contribution in [2.24, 2.45) is 0 Å². The first kappa shape index (κ1) is 16.3. The monoisotopic (exact) mass is 276 g/mol. The van der Waals surface area contributed by atoms with Crippen molar-refractivity contribution in [2.45, 2.75) is 26.9 Å². The Morgan fingerprint density at radius 2 is 1.90 bits per heavy atom. The van der Waals surface area contributed by atoms with Crippen LogP contribution in [-0.2, 0) is 4.74 Å². The number of hydrogen-bond acceptors (Lipinski definition) is 5. The molecule has 1 aromatic rings. The van der Waals surface area contributed by atoms with Crippen LogP contribution < -0.4 is 4.90 Å². The van der Waals surface area contributed by atoms with Crippen LogP contribution in [0.1, 0.15) is 32.6 Å². The number of ether oxygens (including phenoxy) is 1. The number of anilines is 1. The number of hydrogen-bond donors (Lipinski definition) is 0. The maximum Gasteiger partial charge on any atom is 0.286 e. The predicted molar refractivity (Wildman–Crippen MR) is 80.4 cm³/mol. The minimum Gasteiger partial charge on any atom is -0.418 e. The van der Waals surface area contributed by atoms with Crippen LogP contribution in [0.2, 0.25) is 0 Å². The van der Waals surface area contributed by atoms with Gasteiger partial charge in [0.15, 0.2) is 6.10 Å². The zero-order chi connectivity index (χ0) is 15.0. The van der Waals surface area contributed by atoms with Crippen molar-refractivity contribution in [3.63, 3.8) is 0 Å². The van der Waals surface area contributed by atoms with Crippen LogP contribution in [0.5, 0.6) is 0 Å². The lowest BCUT2D eigenvalue weighted by molar-refractivity contribution is 0.178. The lowest BCUT2D eigenvalue weighted by atomic mass is 10.2. The van der Waals surface area contributed by atoms with Crippen LogP contribution in [-0.4, -0.2) is 43.1 Å². The average molecular weight is 276 g/mol. The Labute approximate surface area is 121 Å². The van der Waals surface area contributed by atoms with E-state index in [4.69, 9.17) is 10.00 Å². The van der Waals surface area contributed by atoms with Gasteiger partial charge in [0.05, 0.1) is 17.6 Å². The van der Waals surface area contributed by atoms with Gasteiger partial charge in [0.2, 0.25) is 0 Å². The van der Waals surface area contributed by atoms with Crippen molar-refractivity contribution in [3.05, 3.63) is 24.0 Å². The molecule has 0 aromatic carbocycles. The van der Waals surface area contributed by atoms with Gasteiger partial charge >= 0.3 is 0 Å². The first-order valence-electron chi connectivity index (χ1n) is 7.15. The second-order valence-electron chi connectivity index (χ2n) is 4.58. The molecule has 0 spiro atoms. The molecule has 0 saturated carbocycles. The molecule has 1 aromatic heterocycles. The average Bonchev–Trinajstić information content (AvgIpc) is 2.50. The summed E-state index contributed by atoms with van der Waals surface area (Å²) in [5, 5.41) is 8.47. The highest BCUT2D eigenvalue weighted by Gasteiger charge is 2.15. The van der Waals surface area contributed by atoms with E-state index in [0.717, 1.165) is 37.6 Å². The van der Waals surface area contributed by atoms with Crippen LogP contribution in [0.15, 0.2) is 18.3 Å². The standard InChI is InChI=1S/C13H18N4O.C2H6/c1-11(18-10-14)13-4-3-12(9-15-13)17-7-5-16(2)6-8-17;1-2/h3-4,9,11H,5-8H2,1-2H3;1-2H3. The van der Waals surface area contributed by atoms with E-state index in [1.165, 1.54) is 0 Å². The third-order valence-corrected chi connectivity index (χ3v) is 3.29. The second-order valence-corrected chi connectivity index (χ2v) is 4.58. The molecule has 1 unspecified atom stereocenters. The predicted octanol–water partition coefficient (Wildman–Crippen LogP) is 2.42. The van der Waals surface area contributed by atoms with E-state index in [-0.39, 0.29) is 6.10 Å². The van der Waals surface area contributed by atoms with Crippen molar-refractivity contribution in [1.29, 1.82) is 5.26 Å². The zero-order valence-electron chi connectivity index (χ0n) is 12.8. The highest BCUT2D eigenvalue weighted by molar-refractivity contribution is 5.45. The fourth-order valence-electron chi connectivity index (χ4n) is 2.03. The summed E-state index contributed by atoms with van der Waals surface area (Å²) in [6.45, 7) is 10.0. The number of pyridine rings is 1. The van der Waals surface area contributed by atoms with E-state index in [2.05, 4.69) is 21.8 Å². The Kier molecular flexibility index (Phi) is 6.82. The number of nitrogens with zero attached hydrogens (tertiary/aromatic N) is 4. The van der Waals surface area contributed by atoms with Gasteiger partial charge in [-0.15, -0.1) is 0 Å². The van der Waals surface area contributed by atoms with E-state index in [0.29, 0.717) is 0 Å². The normalized spacial score (nSPS) is 16.6. The molecule has 5 nitrogen and oxygen atoms in total. The summed E-state index contributed by atoms with van der Waals surface area (Å²) in [4.78, 5) is 9.01. The van der Waals surface area contributed by atoms with Gasteiger partial charge in [0, 0.05) is 26.2 Å². The number of likely N-dealkylation sites (N-methyl/N-ethyl adjacent to an activating group) is 1. The van der Waals surface area contributed by atoms with Crippen LogP contribution in [0.3, 0.4) is 0 Å². The molecule has 2 heterocycles. The molecular formula is C15H24N4O. The molecule has 1 atom stereocenters. The van der Waals surface area contributed by atoms with Crippen LogP contribution >= 0.6 is 0 Å². The third kappa shape index (κ3) is 4.39. The topological polar surface area (TPSA) is 52.4 Å². The van der Waals surface area contributed by atoms with Gasteiger partial charge in [-0.05, 0) is 26.1 Å². The molecule has 1 aliphatic heterocycles. The first-order valence-corrected chi connectivity index (χ1v) is 7.15. The van der Waals surface area contributed by atoms with Crippen molar-refractivity contribution in [1.82, 2.24) is 9.88 Å². The molecule has 1 fully saturated rings. The SMILES string of the molecule is CC.CC(OC#N)c1ccc(N2CCN(C)CC2)cn1. The molecule has 2 rings (SSSR count). The number of rotatable bonds is 3. The molecule has 0 radical (unpaired) electrons. The van der Waals surface area contributed by atoms with Crippen LogP contribution in [0, 0.1) is 11.5 Å². The summed E-state index contributed by atoms with van der Waals surface area (Å²) >= 11 is 0. The summed E-state index contributed by atoms with van der Waals surface area (Å²) in [5.74, 6) is 0. The minimum absolute atomic E-state index is 0.281. The fraction of sp³-hybridized carbons (Fsp3) is 0.600. The summed E-state index contributed by atoms with van der Waals surface area (Å²) in [6.07, 6.45) is 3.27. The largest absolute Gasteiger partial charge is 0.418 e. The maximum atomic E-state index is 8.47. The number of piperazine rings is 1. The Bertz CT molecular complexity index is 418. The summed E-state index contributed by atoms with van der Waals surface area (Å²) in [6, 6.07) is 3.97. The number of nitriles is 1. The molecule has 1 saturated heterocycles. The molecule has 110 valence electrons. The van der Waals surface area contributed by atoms with E-state index >= 15 is 0 Å². The molecule has 0 bridgehead atoms. The van der Waals surface area contributed by atoms with Gasteiger partial charge < -0.3 is 14.5 Å². The first-order chi connectivity index (χ1) is 9.70. The molecule has 0 N–H and O–H groups in total. The van der Waals surface area contributed by atoms with Crippen LogP contribution in [0.25, 0.3) is 0 Å². The molecule has 1 aliphatic rings. The van der Waals surface area contributed by atoms with E-state index in [1.807, 2.05) is 39.1 Å². The summed E-state index contributed by atoms with van der Waals surface area (Å²) in [7, 11) is 2.14. The highest BCUT2D eigenvalue weighted by Crippen LogP contribution is 2.19. The molecule has 0 aliphatic carbocycles. The summed E-state index contributed by atoms with van der Waals surface area (Å²) < 4.78 is 4.85. The van der Waals surface area contributed by atoms with Crippen LogP contribution in [0.4, 0.5) is 5.69 Å². The quantitative estimate of drug-likeness (QED) is 0.794. The Morgan fingerprint density at radius 3 is 2.40 bits per heavy atom. The molecule has 0 amide bonds. The van der Waals surface area contributed by atoms with E-state index < -0.39 is 0 Å². The Balaban J connectivity index is 0.000000956. The van der Waals surface area contributed by atoms with Gasteiger partial charge in [-0.1, -0.05) is 13.8 Å². The van der Waals surface area contributed by atoms with Gasteiger partial charge in [0.25, 0.3) is 6.26 Å². The van der Waals surface area contributed by atoms with Crippen molar-refractivity contribution in [3.8, 4) is 6.26 Å². The fourth-order valence-corrected chi connectivity index (χ4v) is 2.03. The van der Waals surface area contributed by atoms with Gasteiger partial charge in [-0.25, -0.2) is 0 Å². The summed E-state index contributed by atoms with van der Waals surface area (Å²) in [5.41, 5.74) is 1.92. The smallest absolute Gasteiger partial charge is 0.286 e. The van der Waals surface area contributed by atoms with Crippen molar-refractivity contribution in [2.75, 3.05) is 38.1 Å². The third-order valence-electron chi connectivity index (χ3n) is 3.29. The maximum absolute atomic E-state index is 8.47. The van der Waals surface area contributed by atoms with Gasteiger partial charge in [-0.3, -0.25) is 4.98 Å². The zero-order valence-corrected chi connectivity index (χ0v) is 12.8. The lowest BCUT2D eigenvalue weighted by Gasteiger charge is -2.33. The van der Waals surface area contributed by atoms with Crippen molar-refractivity contribution < 1.29 is 4.74 Å². The Morgan fingerprint density at radius 1 is 1.25 bits per heavy atom. The van der Waals surface area contributed by atoms with Gasteiger partial charge in [-0.2, -0.15) is 5.26 Å². The molecule has 5 heteroatoms. The minimum atomic E-state index is -0.281. The highest BCUT2D eigenvalue weighted by atomic mass is 16.5. The molecule has 20 heavy (non-hydrogen) atoms. The van der Waals surface area contributed by atoms with Gasteiger partial charge in [0.1, 0.15) is 0 Å². The Hall–Kier alpha value is -1.80. The molecular weight excluding hydrogens is 252 g/mol. The lowest BCUT2D eigenvalue weighted by Crippen LogP contribution is -2.44. The van der Waals surface area contributed by atoms with Crippen molar-refractivity contribution >= 4 is 5.69 Å². The second kappa shape index (κ2) is 8.39.